The summed E-state index contributed by atoms with van der Waals surface area (Å²) in [5.74, 6) is 2.48. The Kier molecular flexibility index (Phi) is 6.99. The van der Waals surface area contributed by atoms with Crippen molar-refractivity contribution in [2.45, 2.75) is 112 Å². The van der Waals surface area contributed by atoms with Gasteiger partial charge in [-0.1, -0.05) is 13.8 Å². The second-order valence-electron chi connectivity index (χ2n) is 10.8. The lowest BCUT2D eigenvalue weighted by Gasteiger charge is -2.32. The summed E-state index contributed by atoms with van der Waals surface area (Å²) in [6, 6.07) is 0.994. The first-order valence-electron chi connectivity index (χ1n) is 12.9. The minimum absolute atomic E-state index is 0.424. The van der Waals surface area contributed by atoms with Gasteiger partial charge >= 0.3 is 0 Å². The summed E-state index contributed by atoms with van der Waals surface area (Å²) < 4.78 is 0. The Morgan fingerprint density at radius 3 is 2.00 bits per heavy atom. The molecule has 0 amide bonds. The van der Waals surface area contributed by atoms with Crippen molar-refractivity contribution in [1.29, 1.82) is 0 Å². The number of nitrogens with one attached hydrogen (secondary N) is 2. The molecule has 5 nitrogen and oxygen atoms in total. The summed E-state index contributed by atoms with van der Waals surface area (Å²) in [6.07, 6.45) is 6.81. The molecule has 2 unspecified atom stereocenters. The Balaban J connectivity index is 1.34. The highest BCUT2D eigenvalue weighted by molar-refractivity contribution is 5.51. The summed E-state index contributed by atoms with van der Waals surface area (Å²) in [6.45, 7) is 16.8. The first-order chi connectivity index (χ1) is 15.7. The Bertz CT molecular complexity index is 991. The average molecular weight is 450 g/mol. The van der Waals surface area contributed by atoms with E-state index in [2.05, 4.69) is 64.1 Å². The lowest BCUT2D eigenvalue weighted by atomic mass is 9.79. The smallest absolute Gasteiger partial charge is 0.225 e. The van der Waals surface area contributed by atoms with Gasteiger partial charge in [-0.3, -0.25) is 0 Å². The van der Waals surface area contributed by atoms with Gasteiger partial charge in [0.05, 0.1) is 5.69 Å². The van der Waals surface area contributed by atoms with Crippen LogP contribution in [0.5, 0.6) is 0 Å². The maximum absolute atomic E-state index is 6.37. The van der Waals surface area contributed by atoms with Gasteiger partial charge in [0, 0.05) is 24.2 Å². The second-order valence-corrected chi connectivity index (χ2v) is 10.8. The summed E-state index contributed by atoms with van der Waals surface area (Å²) in [5, 5.41) is 7.46. The van der Waals surface area contributed by atoms with Crippen LogP contribution in [0.15, 0.2) is 0 Å². The van der Waals surface area contributed by atoms with Crippen LogP contribution < -0.4 is 16.4 Å². The number of benzene rings is 1. The van der Waals surface area contributed by atoms with Gasteiger partial charge in [-0.2, -0.15) is 4.98 Å². The standard InChI is InChI=1S/C28H43N5/c1-15-8-13-25-26(16(15)2)27(29)33-28(32-25)31-23-11-9-22(10-12-23)30-14-24-20(6)18(4)17(3)19(5)21(24)7/h15-16,22-23,30H,8-14H2,1-7H3,(H3,29,31,32,33). The van der Waals surface area contributed by atoms with Crippen molar-refractivity contribution < 1.29 is 0 Å². The number of nitrogen functional groups attached to an aromatic ring is 1. The van der Waals surface area contributed by atoms with E-state index in [-0.39, 0.29) is 0 Å². The molecule has 2 aromatic rings. The molecule has 1 heterocycles. The summed E-state index contributed by atoms with van der Waals surface area (Å²) in [4.78, 5) is 9.52. The number of hydrogen-bond donors (Lipinski definition) is 3. The molecule has 1 aromatic carbocycles. The van der Waals surface area contributed by atoms with E-state index in [1.54, 1.807) is 0 Å². The summed E-state index contributed by atoms with van der Waals surface area (Å²) >= 11 is 0. The van der Waals surface area contributed by atoms with Gasteiger partial charge in [-0.25, -0.2) is 4.98 Å². The van der Waals surface area contributed by atoms with Crippen LogP contribution in [0.4, 0.5) is 11.8 Å². The van der Waals surface area contributed by atoms with Crippen molar-refractivity contribution in [2.24, 2.45) is 5.92 Å². The van der Waals surface area contributed by atoms with Crippen LogP contribution in [-0.2, 0) is 13.0 Å². The maximum Gasteiger partial charge on any atom is 0.225 e. The van der Waals surface area contributed by atoms with E-state index in [1.807, 2.05) is 0 Å². The molecule has 2 aliphatic rings. The van der Waals surface area contributed by atoms with Crippen molar-refractivity contribution in [3.05, 3.63) is 44.6 Å². The molecule has 0 bridgehead atoms. The van der Waals surface area contributed by atoms with Crippen LogP contribution in [0.25, 0.3) is 0 Å². The number of hydrogen-bond acceptors (Lipinski definition) is 5. The Hall–Kier alpha value is -2.14. The molecule has 180 valence electrons. The molecule has 4 N–H and O–H groups in total. The fourth-order valence-corrected chi connectivity index (χ4v) is 5.90. The zero-order chi connectivity index (χ0) is 23.9. The highest BCUT2D eigenvalue weighted by Crippen LogP contribution is 2.38. The van der Waals surface area contributed by atoms with Crippen molar-refractivity contribution in [2.75, 3.05) is 11.1 Å². The van der Waals surface area contributed by atoms with Crippen LogP contribution in [0.3, 0.4) is 0 Å². The van der Waals surface area contributed by atoms with E-state index < -0.39 is 0 Å². The number of fused-ring (bicyclic) bond motifs is 1. The molecule has 0 saturated heterocycles. The third kappa shape index (κ3) is 4.75. The van der Waals surface area contributed by atoms with Gasteiger partial charge in [0.2, 0.25) is 5.95 Å². The molecule has 4 rings (SSSR count). The fraction of sp³-hybridized carbons (Fsp3) is 0.643. The Labute approximate surface area is 200 Å². The topological polar surface area (TPSA) is 75.9 Å². The van der Waals surface area contributed by atoms with E-state index >= 15 is 0 Å². The molecule has 1 fully saturated rings. The average Bonchev–Trinajstić information content (AvgIpc) is 2.79. The molecular formula is C28H43N5. The highest BCUT2D eigenvalue weighted by Gasteiger charge is 2.28. The van der Waals surface area contributed by atoms with E-state index in [0.29, 0.717) is 29.7 Å². The Morgan fingerprint density at radius 2 is 1.36 bits per heavy atom. The van der Waals surface area contributed by atoms with Gasteiger partial charge in [0.15, 0.2) is 0 Å². The van der Waals surface area contributed by atoms with Crippen molar-refractivity contribution >= 4 is 11.8 Å². The number of aromatic nitrogens is 2. The Morgan fingerprint density at radius 1 is 0.788 bits per heavy atom. The molecular weight excluding hydrogens is 406 g/mol. The normalized spacial score (nSPS) is 25.1. The van der Waals surface area contributed by atoms with Crippen LogP contribution in [0.2, 0.25) is 0 Å². The molecule has 2 aliphatic carbocycles. The molecule has 0 aliphatic heterocycles. The summed E-state index contributed by atoms with van der Waals surface area (Å²) in [7, 11) is 0. The van der Waals surface area contributed by atoms with E-state index in [0.717, 1.165) is 37.4 Å². The SMILES string of the molecule is Cc1c(C)c(C)c(CNC2CCC(Nc3nc(N)c4c(n3)CCC(C)C4C)CC2)c(C)c1C. The first-order valence-corrected chi connectivity index (χ1v) is 12.9. The number of nitrogens with two attached hydrogens (primary N) is 1. The van der Waals surface area contributed by atoms with Crippen LogP contribution in [-0.4, -0.2) is 22.1 Å². The van der Waals surface area contributed by atoms with E-state index in [4.69, 9.17) is 10.7 Å². The lowest BCUT2D eigenvalue weighted by Crippen LogP contribution is -2.37. The zero-order valence-electron chi connectivity index (χ0n) is 21.7. The van der Waals surface area contributed by atoms with Crippen LogP contribution in [0, 0.1) is 40.5 Å². The number of rotatable bonds is 5. The number of aryl methyl sites for hydroxylation is 1. The van der Waals surface area contributed by atoms with E-state index in [9.17, 15) is 0 Å². The van der Waals surface area contributed by atoms with Gasteiger partial charge in [-0.05, 0) is 118 Å². The molecule has 0 radical (unpaired) electrons. The largest absolute Gasteiger partial charge is 0.383 e. The van der Waals surface area contributed by atoms with Gasteiger partial charge in [-0.15, -0.1) is 0 Å². The van der Waals surface area contributed by atoms with Crippen LogP contribution >= 0.6 is 0 Å². The minimum Gasteiger partial charge on any atom is -0.383 e. The fourth-order valence-electron chi connectivity index (χ4n) is 5.90. The predicted molar refractivity (Wildman–Crippen MR) is 139 cm³/mol. The van der Waals surface area contributed by atoms with Gasteiger partial charge in [0.1, 0.15) is 5.82 Å². The summed E-state index contributed by atoms with van der Waals surface area (Å²) in [5.41, 5.74) is 17.4. The third-order valence-corrected chi connectivity index (χ3v) is 8.98. The quantitative estimate of drug-likeness (QED) is 0.538. The van der Waals surface area contributed by atoms with Crippen molar-refractivity contribution in [3.63, 3.8) is 0 Å². The van der Waals surface area contributed by atoms with Crippen molar-refractivity contribution in [3.8, 4) is 0 Å². The molecule has 1 aromatic heterocycles. The van der Waals surface area contributed by atoms with Crippen LogP contribution in [0.1, 0.15) is 96.5 Å². The third-order valence-electron chi connectivity index (χ3n) is 8.98. The highest BCUT2D eigenvalue weighted by atomic mass is 15.1. The molecule has 33 heavy (non-hydrogen) atoms. The second kappa shape index (κ2) is 9.61. The van der Waals surface area contributed by atoms with Gasteiger partial charge in [0.25, 0.3) is 0 Å². The number of anilines is 2. The first kappa shape index (κ1) is 24.0. The van der Waals surface area contributed by atoms with Gasteiger partial charge < -0.3 is 16.4 Å². The minimum atomic E-state index is 0.424. The molecule has 1 saturated carbocycles. The number of nitrogens with zero attached hydrogens (tertiary/aromatic N) is 2. The van der Waals surface area contributed by atoms with E-state index in [1.165, 1.54) is 58.2 Å². The monoisotopic (exact) mass is 449 g/mol. The zero-order valence-corrected chi connectivity index (χ0v) is 21.7. The lowest BCUT2D eigenvalue weighted by molar-refractivity contribution is 0.351. The molecule has 5 heteroatoms. The molecule has 2 atom stereocenters. The van der Waals surface area contributed by atoms with Crippen molar-refractivity contribution in [1.82, 2.24) is 15.3 Å². The predicted octanol–water partition coefficient (Wildman–Crippen LogP) is 5.80. The molecule has 0 spiro atoms. The maximum atomic E-state index is 6.37.